The smallest absolute Gasteiger partial charge is 0.341 e. The number of sulfone groups is 1. The molecule has 194 valence electrons. The number of nitrogens with zero attached hydrogens (tertiary/aromatic N) is 2. The minimum absolute atomic E-state index is 0.165. The van der Waals surface area contributed by atoms with Gasteiger partial charge in [-0.25, -0.2) is 13.2 Å². The molecule has 2 aromatic heterocycles. The van der Waals surface area contributed by atoms with E-state index in [1.54, 1.807) is 11.5 Å². The monoisotopic (exact) mass is 559 g/mol. The summed E-state index contributed by atoms with van der Waals surface area (Å²) in [5, 5.41) is 2.81. The van der Waals surface area contributed by atoms with Crippen molar-refractivity contribution in [2.24, 2.45) is 4.99 Å². The van der Waals surface area contributed by atoms with Gasteiger partial charge in [-0.3, -0.25) is 9.59 Å². The second kappa shape index (κ2) is 11.0. The number of hydrogen-bond donors (Lipinski definition) is 1. The van der Waals surface area contributed by atoms with Gasteiger partial charge in [0.15, 0.2) is 14.6 Å². The third-order valence-corrected chi connectivity index (χ3v) is 9.29. The highest BCUT2D eigenvalue weighted by atomic mass is 32.2. The Labute approximate surface area is 222 Å². The van der Waals surface area contributed by atoms with Gasteiger partial charge in [0, 0.05) is 4.88 Å². The lowest BCUT2D eigenvalue weighted by Gasteiger charge is -2.08. The summed E-state index contributed by atoms with van der Waals surface area (Å²) in [6.45, 7) is 3.96. The molecule has 37 heavy (non-hydrogen) atoms. The van der Waals surface area contributed by atoms with E-state index in [1.165, 1.54) is 22.7 Å². The SMILES string of the molecule is C#CCn1c(=NC(=O)CS(=O)(=O)CC(=O)Nc2sc3c(c2C(=O)OCC)CCC3)sc2cc(C)ccc21. The first kappa shape index (κ1) is 26.8. The molecule has 2 amide bonds. The lowest BCUT2D eigenvalue weighted by Crippen LogP contribution is -2.28. The maximum Gasteiger partial charge on any atom is 0.341 e. The number of thiazole rings is 1. The van der Waals surface area contributed by atoms with Gasteiger partial charge in [0.25, 0.3) is 5.91 Å². The molecule has 0 aliphatic heterocycles. The van der Waals surface area contributed by atoms with Gasteiger partial charge in [-0.2, -0.15) is 4.99 Å². The van der Waals surface area contributed by atoms with Crippen LogP contribution in [0.2, 0.25) is 0 Å². The molecule has 4 rings (SSSR count). The van der Waals surface area contributed by atoms with E-state index in [2.05, 4.69) is 16.2 Å². The zero-order valence-electron chi connectivity index (χ0n) is 20.3. The molecule has 0 unspecified atom stereocenters. The van der Waals surface area contributed by atoms with Crippen molar-refractivity contribution < 1.29 is 27.5 Å². The van der Waals surface area contributed by atoms with Crippen molar-refractivity contribution in [3.05, 3.63) is 44.6 Å². The van der Waals surface area contributed by atoms with Crippen LogP contribution in [0, 0.1) is 19.3 Å². The second-order valence-electron chi connectivity index (χ2n) is 8.51. The number of nitrogens with one attached hydrogen (secondary N) is 1. The highest BCUT2D eigenvalue weighted by Crippen LogP contribution is 2.39. The fourth-order valence-corrected chi connectivity index (χ4v) is 7.61. The molecular weight excluding hydrogens is 534 g/mol. The minimum atomic E-state index is -4.13. The summed E-state index contributed by atoms with van der Waals surface area (Å²) in [5.74, 6) is -1.62. The summed E-state index contributed by atoms with van der Waals surface area (Å²) >= 11 is 2.48. The Morgan fingerprint density at radius 3 is 2.73 bits per heavy atom. The Morgan fingerprint density at radius 1 is 1.22 bits per heavy atom. The van der Waals surface area contributed by atoms with Crippen LogP contribution in [0.1, 0.15) is 39.7 Å². The molecule has 9 nitrogen and oxygen atoms in total. The Kier molecular flexibility index (Phi) is 7.96. The molecule has 2 heterocycles. The molecule has 1 N–H and O–H groups in total. The molecule has 3 aromatic rings. The standard InChI is InChI=1S/C25H25N3O6S3/c1-4-11-28-17-10-9-15(3)12-19(17)36-25(28)27-21(30)14-37(32,33)13-20(29)26-23-22(24(31)34-5-2)16-7-6-8-18(16)35-23/h1,9-10,12H,5-8,11,13-14H2,2-3H3,(H,26,29). The van der Waals surface area contributed by atoms with E-state index in [4.69, 9.17) is 11.2 Å². The molecule has 0 fully saturated rings. The van der Waals surface area contributed by atoms with Crippen LogP contribution in [0.5, 0.6) is 0 Å². The molecule has 1 aliphatic rings. The summed E-state index contributed by atoms with van der Waals surface area (Å²) in [7, 11) is -4.13. The molecular formula is C25H25N3O6S3. The number of esters is 1. The summed E-state index contributed by atoms with van der Waals surface area (Å²) < 4.78 is 33.0. The maximum absolute atomic E-state index is 12.7. The van der Waals surface area contributed by atoms with Crippen molar-refractivity contribution in [1.82, 2.24) is 4.57 Å². The number of carbonyl (C=O) groups is 3. The molecule has 1 aliphatic carbocycles. The van der Waals surface area contributed by atoms with Gasteiger partial charge in [-0.1, -0.05) is 23.3 Å². The molecule has 0 radical (unpaired) electrons. The van der Waals surface area contributed by atoms with Gasteiger partial charge < -0.3 is 14.6 Å². The van der Waals surface area contributed by atoms with Gasteiger partial charge in [-0.15, -0.1) is 17.8 Å². The number of aryl methyl sites for hydroxylation is 2. The molecule has 0 bridgehead atoms. The van der Waals surface area contributed by atoms with Gasteiger partial charge in [0.2, 0.25) is 5.91 Å². The first-order valence-corrected chi connectivity index (χ1v) is 15.0. The topological polar surface area (TPSA) is 124 Å². The number of aromatic nitrogens is 1. The van der Waals surface area contributed by atoms with Crippen LogP contribution in [-0.2, 0) is 43.5 Å². The van der Waals surface area contributed by atoms with Crippen LogP contribution >= 0.6 is 22.7 Å². The Hall–Kier alpha value is -3.27. The van der Waals surface area contributed by atoms with E-state index >= 15 is 0 Å². The van der Waals surface area contributed by atoms with Crippen LogP contribution in [0.3, 0.4) is 0 Å². The first-order chi connectivity index (χ1) is 17.6. The Bertz CT molecular complexity index is 1620. The number of benzene rings is 1. The van der Waals surface area contributed by atoms with Gasteiger partial charge in [0.05, 0.1) is 28.9 Å². The molecule has 0 saturated heterocycles. The van der Waals surface area contributed by atoms with Crippen LogP contribution < -0.4 is 10.1 Å². The quantitative estimate of drug-likeness (QED) is 0.334. The normalized spacial score (nSPS) is 13.4. The molecule has 0 spiro atoms. The zero-order valence-corrected chi connectivity index (χ0v) is 22.8. The highest BCUT2D eigenvalue weighted by Gasteiger charge is 2.29. The molecule has 12 heteroatoms. The lowest BCUT2D eigenvalue weighted by molar-refractivity contribution is -0.115. The third-order valence-electron chi connectivity index (χ3n) is 5.66. The highest BCUT2D eigenvalue weighted by molar-refractivity contribution is 7.92. The van der Waals surface area contributed by atoms with Crippen molar-refractivity contribution in [3.63, 3.8) is 0 Å². The van der Waals surface area contributed by atoms with Gasteiger partial charge in [-0.05, 0) is 56.4 Å². The fraction of sp³-hybridized carbons (Fsp3) is 0.360. The summed E-state index contributed by atoms with van der Waals surface area (Å²) in [6, 6.07) is 5.71. The van der Waals surface area contributed by atoms with Crippen LogP contribution in [0.15, 0.2) is 23.2 Å². The Morgan fingerprint density at radius 2 is 2.00 bits per heavy atom. The van der Waals surface area contributed by atoms with E-state index in [9.17, 15) is 22.8 Å². The number of carbonyl (C=O) groups excluding carboxylic acids is 3. The average Bonchev–Trinajstić information content (AvgIpc) is 3.46. The van der Waals surface area contributed by atoms with Crippen LogP contribution in [-0.4, -0.2) is 48.9 Å². The predicted molar refractivity (Wildman–Crippen MR) is 144 cm³/mol. The second-order valence-corrected chi connectivity index (χ2v) is 12.7. The maximum atomic E-state index is 12.7. The number of fused-ring (bicyclic) bond motifs is 2. The van der Waals surface area contributed by atoms with Crippen molar-refractivity contribution >= 4 is 65.5 Å². The summed E-state index contributed by atoms with van der Waals surface area (Å²) in [5.41, 5.74) is 2.95. The zero-order chi connectivity index (χ0) is 26.7. The van der Waals surface area contributed by atoms with Crippen molar-refractivity contribution in [3.8, 4) is 12.3 Å². The predicted octanol–water partition coefficient (Wildman–Crippen LogP) is 2.85. The summed E-state index contributed by atoms with van der Waals surface area (Å²) in [6.07, 6.45) is 7.85. The first-order valence-electron chi connectivity index (χ1n) is 11.5. The van der Waals surface area contributed by atoms with E-state index in [0.29, 0.717) is 6.42 Å². The lowest BCUT2D eigenvalue weighted by atomic mass is 10.1. The van der Waals surface area contributed by atoms with Gasteiger partial charge >= 0.3 is 5.97 Å². The van der Waals surface area contributed by atoms with Crippen molar-refractivity contribution in [2.45, 2.75) is 39.7 Å². The van der Waals surface area contributed by atoms with E-state index in [-0.39, 0.29) is 28.5 Å². The Balaban J connectivity index is 1.50. The van der Waals surface area contributed by atoms with E-state index < -0.39 is 39.1 Å². The van der Waals surface area contributed by atoms with E-state index in [0.717, 1.165) is 39.1 Å². The van der Waals surface area contributed by atoms with Crippen molar-refractivity contribution in [1.29, 1.82) is 0 Å². The number of terminal acetylenes is 1. The number of thiophene rings is 1. The van der Waals surface area contributed by atoms with E-state index in [1.807, 2.05) is 25.1 Å². The van der Waals surface area contributed by atoms with Gasteiger partial charge in [0.1, 0.15) is 16.5 Å². The van der Waals surface area contributed by atoms with Crippen molar-refractivity contribution in [2.75, 3.05) is 23.4 Å². The number of ether oxygens (including phenoxy) is 1. The average molecular weight is 560 g/mol. The summed E-state index contributed by atoms with van der Waals surface area (Å²) in [4.78, 5) is 42.9. The number of anilines is 1. The largest absolute Gasteiger partial charge is 0.462 e. The molecule has 0 atom stereocenters. The molecule has 0 saturated carbocycles. The number of amides is 2. The van der Waals surface area contributed by atoms with Crippen LogP contribution in [0.4, 0.5) is 5.00 Å². The minimum Gasteiger partial charge on any atom is -0.462 e. The number of rotatable bonds is 8. The third kappa shape index (κ3) is 6.01. The number of hydrogen-bond acceptors (Lipinski definition) is 8. The van der Waals surface area contributed by atoms with Crippen LogP contribution in [0.25, 0.3) is 10.2 Å². The molecule has 1 aromatic carbocycles. The fourth-order valence-electron chi connectivity index (χ4n) is 4.16.